The number of hydrogen-bond donors (Lipinski definition) is 2. The maximum Gasteiger partial charge on any atom is 1.00 e. The summed E-state index contributed by atoms with van der Waals surface area (Å²) in [6.45, 7) is 2.04. The summed E-state index contributed by atoms with van der Waals surface area (Å²) in [6.07, 6.45) is 2.48. The molecule has 0 spiro atoms. The predicted molar refractivity (Wildman–Crippen MR) is 88.2 cm³/mol. The topological polar surface area (TPSA) is 107 Å². The summed E-state index contributed by atoms with van der Waals surface area (Å²) in [7, 11) is -4.47. The Labute approximate surface area is 196 Å². The van der Waals surface area contributed by atoms with Crippen LogP contribution in [0, 0.1) is 17.3 Å². The van der Waals surface area contributed by atoms with Crippen LogP contribution in [0.5, 0.6) is 5.75 Å². The van der Waals surface area contributed by atoms with Gasteiger partial charge < -0.3 is 10.2 Å². The molecule has 0 unspecified atom stereocenters. The zero-order valence-corrected chi connectivity index (χ0v) is 19.0. The van der Waals surface area contributed by atoms with Crippen molar-refractivity contribution in [2.75, 3.05) is 0 Å². The van der Waals surface area contributed by atoms with Crippen LogP contribution in [0.3, 0.4) is 0 Å². The van der Waals surface area contributed by atoms with Crippen molar-refractivity contribution < 1.29 is 78.8 Å². The van der Waals surface area contributed by atoms with Crippen LogP contribution in [0.1, 0.15) is 62.2 Å². The Balaban J connectivity index is 0.00000196. The molecule has 2 N–H and O–H groups in total. The molecule has 0 bridgehead atoms. The van der Waals surface area contributed by atoms with Crippen molar-refractivity contribution in [3.63, 3.8) is 0 Å². The van der Waals surface area contributed by atoms with Crippen molar-refractivity contribution >= 4 is 10.4 Å². The zero-order valence-electron chi connectivity index (χ0n) is 15.1. The summed E-state index contributed by atoms with van der Waals surface area (Å²) >= 11 is 0. The molecule has 6 nitrogen and oxygen atoms in total. The Morgan fingerprint density at radius 3 is 2.65 bits per heavy atom. The van der Waals surface area contributed by atoms with E-state index in [1.807, 2.05) is 13.0 Å². The molecule has 3 aliphatic rings. The van der Waals surface area contributed by atoms with Gasteiger partial charge in [-0.1, -0.05) is 25.1 Å². The molecule has 6 atom stereocenters. The third-order valence-electron chi connectivity index (χ3n) is 6.90. The van der Waals surface area contributed by atoms with Crippen molar-refractivity contribution in [2.45, 2.75) is 57.2 Å². The van der Waals surface area contributed by atoms with Gasteiger partial charge >= 0.3 is 61.8 Å². The van der Waals surface area contributed by atoms with E-state index in [9.17, 15) is 18.6 Å². The van der Waals surface area contributed by atoms with Crippen LogP contribution in [0.15, 0.2) is 18.2 Å². The second-order valence-corrected chi connectivity index (χ2v) is 9.10. The Hall–Kier alpha value is 0.486. The number of fused-ring (bicyclic) bond motifs is 5. The number of hydrogen-bond acceptors (Lipinski definition) is 5. The molecule has 1 aromatic rings. The fourth-order valence-electron chi connectivity index (χ4n) is 5.82. The third kappa shape index (κ3) is 3.57. The Kier molecular flexibility index (Phi) is 6.02. The third-order valence-corrected chi connectivity index (χ3v) is 7.38. The summed E-state index contributed by atoms with van der Waals surface area (Å²) in [5.74, 6) is 0.655. The van der Waals surface area contributed by atoms with Gasteiger partial charge in [-0.05, 0) is 66.4 Å². The van der Waals surface area contributed by atoms with Crippen LogP contribution in [0.4, 0.5) is 0 Å². The van der Waals surface area contributed by atoms with Gasteiger partial charge in [0.25, 0.3) is 0 Å². The molecule has 0 saturated heterocycles. The largest absolute Gasteiger partial charge is 1.00 e. The summed E-state index contributed by atoms with van der Waals surface area (Å²) in [5.41, 5.74) is 1.48. The Morgan fingerprint density at radius 1 is 1.23 bits per heavy atom. The first-order valence-corrected chi connectivity index (χ1v) is 10.2. The SMILES string of the molecule is C[C@]12CC[C@@H]3c4ccc([O-])cc4[C@@H](O)C[C@H]3[C@@H]1CC[C@@H]2OS(=O)(=O)O.[K+]. The van der Waals surface area contributed by atoms with Gasteiger partial charge in [0.05, 0.1) is 12.2 Å². The average molecular weight is 407 g/mol. The van der Waals surface area contributed by atoms with E-state index in [1.54, 1.807) is 12.1 Å². The molecule has 8 heteroatoms. The first kappa shape index (κ1) is 21.2. The van der Waals surface area contributed by atoms with E-state index >= 15 is 0 Å². The first-order valence-electron chi connectivity index (χ1n) is 8.83. The maximum atomic E-state index is 11.6. The van der Waals surface area contributed by atoms with E-state index in [0.29, 0.717) is 12.8 Å². The normalized spacial score (nSPS) is 38.7. The molecule has 2 fully saturated rings. The van der Waals surface area contributed by atoms with Gasteiger partial charge in [0.15, 0.2) is 0 Å². The summed E-state index contributed by atoms with van der Waals surface area (Å²) in [4.78, 5) is 0. The van der Waals surface area contributed by atoms with E-state index in [2.05, 4.69) is 0 Å². The maximum absolute atomic E-state index is 11.6. The predicted octanol–water partition coefficient (Wildman–Crippen LogP) is -0.701. The number of rotatable bonds is 2. The summed E-state index contributed by atoms with van der Waals surface area (Å²) in [5, 5.41) is 22.2. The summed E-state index contributed by atoms with van der Waals surface area (Å²) in [6, 6.07) is 4.95. The monoisotopic (exact) mass is 406 g/mol. The molecule has 3 aliphatic carbocycles. The quantitative estimate of drug-likeness (QED) is 0.497. The minimum absolute atomic E-state index is 0. The molecule has 0 heterocycles. The standard InChI is InChI=1S/C18H24O6S.K/c1-18-7-6-12-11-3-2-10(19)8-14(11)16(20)9-13(12)15(18)4-5-17(18)24-25(21,22)23;/h2-3,8,12-13,15-17,19-20H,4-7,9H2,1H3,(H,21,22,23);/q;+1/p-1/t12-,13-,15+,16+,17+,18+;/m1./s1. The van der Waals surface area contributed by atoms with E-state index < -0.39 is 22.6 Å². The molecule has 0 aliphatic heterocycles. The van der Waals surface area contributed by atoms with Gasteiger partial charge in [0, 0.05) is 0 Å². The number of benzene rings is 1. The Morgan fingerprint density at radius 2 is 1.96 bits per heavy atom. The van der Waals surface area contributed by atoms with Gasteiger partial charge in [-0.2, -0.15) is 8.42 Å². The van der Waals surface area contributed by atoms with E-state index in [4.69, 9.17) is 8.74 Å². The van der Waals surface area contributed by atoms with Crippen LogP contribution in [0.2, 0.25) is 0 Å². The Bertz CT molecular complexity index is 797. The van der Waals surface area contributed by atoms with Gasteiger partial charge in [0.2, 0.25) is 0 Å². The van der Waals surface area contributed by atoms with Gasteiger partial charge in [-0.25, -0.2) is 4.18 Å². The van der Waals surface area contributed by atoms with Crippen molar-refractivity contribution in [1.29, 1.82) is 0 Å². The van der Waals surface area contributed by atoms with Gasteiger partial charge in [-0.3, -0.25) is 4.55 Å². The molecule has 0 aromatic heterocycles. The van der Waals surface area contributed by atoms with E-state index in [1.165, 1.54) is 0 Å². The molecule has 1 aromatic carbocycles. The van der Waals surface area contributed by atoms with Crippen molar-refractivity contribution in [3.05, 3.63) is 29.3 Å². The molecule has 2 saturated carbocycles. The smallest absolute Gasteiger partial charge is 0.872 e. The van der Waals surface area contributed by atoms with Crippen LogP contribution in [0.25, 0.3) is 0 Å². The first-order chi connectivity index (χ1) is 11.7. The fourth-order valence-corrected chi connectivity index (χ4v) is 6.43. The molecule has 0 radical (unpaired) electrons. The summed E-state index contributed by atoms with van der Waals surface area (Å²) < 4.78 is 36.5. The van der Waals surface area contributed by atoms with E-state index in [0.717, 1.165) is 30.4 Å². The van der Waals surface area contributed by atoms with E-state index in [-0.39, 0.29) is 80.3 Å². The van der Waals surface area contributed by atoms with Crippen LogP contribution >= 0.6 is 0 Å². The second-order valence-electron chi connectivity index (χ2n) is 8.05. The number of aliphatic hydroxyl groups is 1. The van der Waals surface area contributed by atoms with Crippen LogP contribution < -0.4 is 56.5 Å². The minimum atomic E-state index is -4.47. The molecule has 0 amide bonds. The van der Waals surface area contributed by atoms with Gasteiger partial charge in [-0.15, -0.1) is 5.75 Å². The van der Waals surface area contributed by atoms with Crippen LogP contribution in [-0.4, -0.2) is 24.2 Å². The minimum Gasteiger partial charge on any atom is -0.872 e. The fraction of sp³-hybridized carbons (Fsp3) is 0.667. The van der Waals surface area contributed by atoms with Crippen molar-refractivity contribution in [2.24, 2.45) is 17.3 Å². The number of aliphatic hydroxyl groups excluding tert-OH is 1. The zero-order chi connectivity index (χ0) is 18.0. The molecule has 26 heavy (non-hydrogen) atoms. The molecular weight excluding hydrogens is 383 g/mol. The molecule has 4 rings (SSSR count). The van der Waals surface area contributed by atoms with Crippen molar-refractivity contribution in [1.82, 2.24) is 0 Å². The molecule has 138 valence electrons. The van der Waals surface area contributed by atoms with Gasteiger partial charge in [0.1, 0.15) is 0 Å². The van der Waals surface area contributed by atoms with Crippen LogP contribution in [-0.2, 0) is 14.6 Å². The molecular formula is C18H23KO6S. The second kappa shape index (κ2) is 7.39. The average Bonchev–Trinajstić information content (AvgIpc) is 2.83. The van der Waals surface area contributed by atoms with Crippen molar-refractivity contribution in [3.8, 4) is 5.75 Å².